The maximum atomic E-state index is 11.6. The highest BCUT2D eigenvalue weighted by atomic mass is 16.3. The molecule has 0 bridgehead atoms. The highest BCUT2D eigenvalue weighted by molar-refractivity contribution is 5.79. The smallest absolute Gasteiger partial charge is 0.138 e. The van der Waals surface area contributed by atoms with E-state index in [4.69, 9.17) is 0 Å². The summed E-state index contributed by atoms with van der Waals surface area (Å²) in [5, 5.41) is 20.2. The second-order valence-electron chi connectivity index (χ2n) is 5.46. The minimum Gasteiger partial charge on any atom is -0.392 e. The van der Waals surface area contributed by atoms with Gasteiger partial charge in [0, 0.05) is 0 Å². The molecule has 3 atom stereocenters. The maximum Gasteiger partial charge on any atom is 0.138 e. The Bertz CT molecular complexity index is 386. The van der Waals surface area contributed by atoms with Gasteiger partial charge in [0.1, 0.15) is 5.78 Å². The average molecular weight is 264 g/mol. The zero-order chi connectivity index (χ0) is 14.4. The number of aryl methyl sites for hydroxylation is 1. The second kappa shape index (κ2) is 7.41. The molecule has 0 fully saturated rings. The summed E-state index contributed by atoms with van der Waals surface area (Å²) < 4.78 is 0. The van der Waals surface area contributed by atoms with Crippen molar-refractivity contribution in [3.8, 4) is 0 Å². The predicted molar refractivity (Wildman–Crippen MR) is 75.8 cm³/mol. The van der Waals surface area contributed by atoms with Gasteiger partial charge in [0.2, 0.25) is 0 Å². The van der Waals surface area contributed by atoms with Gasteiger partial charge in [0.05, 0.1) is 18.1 Å². The highest BCUT2D eigenvalue weighted by Gasteiger charge is 2.32. The summed E-state index contributed by atoms with van der Waals surface area (Å²) in [6.45, 7) is 5.14. The van der Waals surface area contributed by atoms with Gasteiger partial charge in [-0.25, -0.2) is 0 Å². The molecule has 3 heteroatoms. The van der Waals surface area contributed by atoms with E-state index in [1.165, 1.54) is 6.92 Å². The molecule has 2 N–H and O–H groups in total. The van der Waals surface area contributed by atoms with Crippen molar-refractivity contribution in [2.45, 2.75) is 45.8 Å². The number of rotatable bonds is 7. The molecular weight excluding hydrogens is 240 g/mol. The van der Waals surface area contributed by atoms with Gasteiger partial charge in [-0.3, -0.25) is 4.79 Å². The molecule has 0 amide bonds. The monoisotopic (exact) mass is 264 g/mol. The first kappa shape index (κ1) is 15.9. The minimum atomic E-state index is -0.796. The van der Waals surface area contributed by atoms with Gasteiger partial charge in [-0.05, 0) is 31.2 Å². The van der Waals surface area contributed by atoms with Crippen LogP contribution in [0, 0.1) is 11.8 Å². The third kappa shape index (κ3) is 4.77. The van der Waals surface area contributed by atoms with E-state index in [-0.39, 0.29) is 11.7 Å². The number of aliphatic hydroxyl groups excluding tert-OH is 2. The first-order chi connectivity index (χ1) is 8.93. The number of hydrogen-bond donors (Lipinski definition) is 2. The van der Waals surface area contributed by atoms with Gasteiger partial charge < -0.3 is 10.2 Å². The molecule has 106 valence electrons. The standard InChI is InChI=1S/C16H24O3/c1-11(2)16(19)15(12(3)17)14(18)10-9-13-7-5-4-6-8-13/h4-8,11,14-16,18-19H,9-10H2,1-3H3/t14-,15-,16+/m0/s1. The fraction of sp³-hybridized carbons (Fsp3) is 0.562. The Morgan fingerprint density at radius 1 is 1.16 bits per heavy atom. The van der Waals surface area contributed by atoms with Crippen molar-refractivity contribution in [2.75, 3.05) is 0 Å². The van der Waals surface area contributed by atoms with Crippen molar-refractivity contribution in [1.29, 1.82) is 0 Å². The Kier molecular flexibility index (Phi) is 6.19. The van der Waals surface area contributed by atoms with Gasteiger partial charge >= 0.3 is 0 Å². The molecule has 0 aliphatic carbocycles. The first-order valence-electron chi connectivity index (χ1n) is 6.84. The van der Waals surface area contributed by atoms with E-state index in [0.717, 1.165) is 5.56 Å². The summed E-state index contributed by atoms with van der Waals surface area (Å²) in [4.78, 5) is 11.6. The molecule has 0 unspecified atom stereocenters. The lowest BCUT2D eigenvalue weighted by atomic mass is 9.84. The molecule has 3 nitrogen and oxygen atoms in total. The Labute approximate surface area is 115 Å². The zero-order valence-corrected chi connectivity index (χ0v) is 11.9. The zero-order valence-electron chi connectivity index (χ0n) is 11.9. The number of Topliss-reactive ketones (excluding diaryl/α,β-unsaturated/α-hetero) is 1. The summed E-state index contributed by atoms with van der Waals surface area (Å²) in [6.07, 6.45) is -0.396. The number of hydrogen-bond acceptors (Lipinski definition) is 3. The normalized spacial score (nSPS) is 16.1. The summed E-state index contributed by atoms with van der Waals surface area (Å²) in [5.74, 6) is -0.884. The Morgan fingerprint density at radius 3 is 2.21 bits per heavy atom. The molecule has 1 rings (SSSR count). The Balaban J connectivity index is 2.63. The highest BCUT2D eigenvalue weighted by Crippen LogP contribution is 2.21. The van der Waals surface area contributed by atoms with Crippen molar-refractivity contribution < 1.29 is 15.0 Å². The molecule has 0 aromatic heterocycles. The fourth-order valence-corrected chi connectivity index (χ4v) is 2.29. The average Bonchev–Trinajstić information content (AvgIpc) is 2.37. The van der Waals surface area contributed by atoms with Gasteiger partial charge in [0.15, 0.2) is 0 Å². The Morgan fingerprint density at radius 2 is 1.74 bits per heavy atom. The minimum absolute atomic E-state index is 0.0414. The molecule has 0 radical (unpaired) electrons. The molecule has 1 aromatic rings. The van der Waals surface area contributed by atoms with E-state index in [0.29, 0.717) is 12.8 Å². The van der Waals surface area contributed by atoms with Crippen LogP contribution < -0.4 is 0 Å². The van der Waals surface area contributed by atoms with Crippen LogP contribution in [0.15, 0.2) is 30.3 Å². The van der Waals surface area contributed by atoms with Crippen molar-refractivity contribution in [2.24, 2.45) is 11.8 Å². The van der Waals surface area contributed by atoms with Crippen LogP contribution in [-0.2, 0) is 11.2 Å². The van der Waals surface area contributed by atoms with Crippen LogP contribution in [0.1, 0.15) is 32.8 Å². The van der Waals surface area contributed by atoms with Crippen molar-refractivity contribution in [3.05, 3.63) is 35.9 Å². The molecule has 0 spiro atoms. The maximum absolute atomic E-state index is 11.6. The summed E-state index contributed by atoms with van der Waals surface area (Å²) in [6, 6.07) is 9.84. The fourth-order valence-electron chi connectivity index (χ4n) is 2.29. The van der Waals surface area contributed by atoms with Crippen LogP contribution in [0.3, 0.4) is 0 Å². The molecule has 0 aliphatic heterocycles. The molecule has 1 aromatic carbocycles. The lowest BCUT2D eigenvalue weighted by molar-refractivity contribution is -0.131. The SMILES string of the molecule is CC(=O)[C@H]([C@H](O)C(C)C)[C@@H](O)CCc1ccccc1. The van der Waals surface area contributed by atoms with Crippen molar-refractivity contribution >= 4 is 5.78 Å². The van der Waals surface area contributed by atoms with Crippen LogP contribution in [0.2, 0.25) is 0 Å². The number of ketones is 1. The third-order valence-corrected chi connectivity index (χ3v) is 3.51. The number of aliphatic hydroxyl groups is 2. The summed E-state index contributed by atoms with van der Waals surface area (Å²) >= 11 is 0. The lowest BCUT2D eigenvalue weighted by Gasteiger charge is -2.28. The van der Waals surface area contributed by atoms with Gasteiger partial charge in [-0.1, -0.05) is 44.2 Å². The second-order valence-corrected chi connectivity index (χ2v) is 5.46. The predicted octanol–water partition coefficient (Wildman–Crippen LogP) is 2.20. The van der Waals surface area contributed by atoms with Crippen LogP contribution in [0.4, 0.5) is 0 Å². The summed E-state index contributed by atoms with van der Waals surface area (Å²) in [5.41, 5.74) is 1.13. The van der Waals surface area contributed by atoms with E-state index in [1.807, 2.05) is 44.2 Å². The van der Waals surface area contributed by atoms with E-state index in [9.17, 15) is 15.0 Å². The third-order valence-electron chi connectivity index (χ3n) is 3.51. The van der Waals surface area contributed by atoms with Crippen LogP contribution in [0.25, 0.3) is 0 Å². The molecule has 19 heavy (non-hydrogen) atoms. The topological polar surface area (TPSA) is 57.5 Å². The number of carbonyl (C=O) groups is 1. The van der Waals surface area contributed by atoms with Gasteiger partial charge in [-0.2, -0.15) is 0 Å². The summed E-state index contributed by atoms with van der Waals surface area (Å²) in [7, 11) is 0. The van der Waals surface area contributed by atoms with Gasteiger partial charge in [0.25, 0.3) is 0 Å². The van der Waals surface area contributed by atoms with E-state index in [2.05, 4.69) is 0 Å². The van der Waals surface area contributed by atoms with Crippen LogP contribution in [-0.4, -0.2) is 28.2 Å². The molecule has 0 saturated carbocycles. The quantitative estimate of drug-likeness (QED) is 0.794. The van der Waals surface area contributed by atoms with Crippen molar-refractivity contribution in [1.82, 2.24) is 0 Å². The number of carbonyl (C=O) groups excluding carboxylic acids is 1. The largest absolute Gasteiger partial charge is 0.392 e. The van der Waals surface area contributed by atoms with E-state index >= 15 is 0 Å². The molecular formula is C16H24O3. The first-order valence-corrected chi connectivity index (χ1v) is 6.84. The van der Waals surface area contributed by atoms with Crippen molar-refractivity contribution in [3.63, 3.8) is 0 Å². The molecule has 0 saturated heterocycles. The Hall–Kier alpha value is -1.19. The van der Waals surface area contributed by atoms with Crippen LogP contribution >= 0.6 is 0 Å². The number of benzene rings is 1. The molecule has 0 aliphatic rings. The lowest BCUT2D eigenvalue weighted by Crippen LogP contribution is -2.40. The van der Waals surface area contributed by atoms with E-state index < -0.39 is 18.1 Å². The molecule has 0 heterocycles. The van der Waals surface area contributed by atoms with Gasteiger partial charge in [-0.15, -0.1) is 0 Å². The van der Waals surface area contributed by atoms with E-state index in [1.54, 1.807) is 0 Å². The van der Waals surface area contributed by atoms with Crippen LogP contribution in [0.5, 0.6) is 0 Å².